The first-order valence-electron chi connectivity index (χ1n) is 5.28. The highest BCUT2D eigenvalue weighted by atomic mass is 79.9. The highest BCUT2D eigenvalue weighted by Gasteiger charge is 2.09. The monoisotopic (exact) mass is 326 g/mol. The van der Waals surface area contributed by atoms with Gasteiger partial charge in [0.2, 0.25) is 0 Å². The summed E-state index contributed by atoms with van der Waals surface area (Å²) in [5.41, 5.74) is 0.294. The molecule has 94 valence electrons. The first-order chi connectivity index (χ1) is 8.66. The smallest absolute Gasteiger partial charge is 0.336 e. The van der Waals surface area contributed by atoms with E-state index in [1.165, 1.54) is 0 Å². The van der Waals surface area contributed by atoms with Crippen LogP contribution in [0.25, 0.3) is 0 Å². The van der Waals surface area contributed by atoms with Crippen LogP contribution >= 0.6 is 27.7 Å². The molecule has 0 unspecified atom stereocenters. The highest BCUT2D eigenvalue weighted by Crippen LogP contribution is 2.25. The van der Waals surface area contributed by atoms with Gasteiger partial charge in [-0.2, -0.15) is 0 Å². The predicted octanol–water partition coefficient (Wildman–Crippen LogP) is 3.14. The molecule has 0 aliphatic carbocycles. The number of aryl methyl sites for hydroxylation is 1. The number of halogens is 1. The average Bonchev–Trinajstić information content (AvgIpc) is 2.84. The number of benzene rings is 1. The quantitative estimate of drug-likeness (QED) is 0.857. The van der Waals surface area contributed by atoms with E-state index in [-0.39, 0.29) is 0 Å². The Hall–Kier alpha value is -1.27. The number of rotatable bonds is 5. The largest absolute Gasteiger partial charge is 0.478 e. The minimum Gasteiger partial charge on any atom is -0.478 e. The number of hydrogen-bond donors (Lipinski definition) is 1. The van der Waals surface area contributed by atoms with Crippen molar-refractivity contribution in [2.24, 2.45) is 0 Å². The summed E-state index contributed by atoms with van der Waals surface area (Å²) in [6.45, 7) is 0.850. The highest BCUT2D eigenvalue weighted by molar-refractivity contribution is 9.10. The Morgan fingerprint density at radius 3 is 3.00 bits per heavy atom. The Labute approximate surface area is 117 Å². The average molecular weight is 327 g/mol. The van der Waals surface area contributed by atoms with E-state index in [1.807, 2.05) is 16.8 Å². The second-order valence-corrected chi connectivity index (χ2v) is 5.62. The van der Waals surface area contributed by atoms with Crippen molar-refractivity contribution in [3.63, 3.8) is 0 Å². The number of thioether (sulfide) groups is 1. The van der Waals surface area contributed by atoms with Crippen molar-refractivity contribution in [1.29, 1.82) is 0 Å². The lowest BCUT2D eigenvalue weighted by Gasteiger charge is -2.05. The van der Waals surface area contributed by atoms with E-state index in [2.05, 4.69) is 20.9 Å². The summed E-state index contributed by atoms with van der Waals surface area (Å²) in [6.07, 6.45) is 5.42. The molecule has 4 nitrogen and oxygen atoms in total. The first kappa shape index (κ1) is 13.2. The van der Waals surface area contributed by atoms with Crippen LogP contribution < -0.4 is 0 Å². The second-order valence-electron chi connectivity index (χ2n) is 3.60. The van der Waals surface area contributed by atoms with E-state index in [0.29, 0.717) is 10.0 Å². The molecule has 0 saturated carbocycles. The van der Waals surface area contributed by atoms with Crippen LogP contribution in [0.15, 0.2) is 46.3 Å². The van der Waals surface area contributed by atoms with Gasteiger partial charge in [0.25, 0.3) is 0 Å². The summed E-state index contributed by atoms with van der Waals surface area (Å²) >= 11 is 4.85. The van der Waals surface area contributed by atoms with Gasteiger partial charge in [-0.3, -0.25) is 0 Å². The van der Waals surface area contributed by atoms with Gasteiger partial charge in [0.15, 0.2) is 0 Å². The Morgan fingerprint density at radius 1 is 1.50 bits per heavy atom. The molecule has 0 amide bonds. The van der Waals surface area contributed by atoms with E-state index in [9.17, 15) is 4.79 Å². The van der Waals surface area contributed by atoms with Gasteiger partial charge in [-0.1, -0.05) is 0 Å². The molecule has 0 radical (unpaired) electrons. The van der Waals surface area contributed by atoms with Gasteiger partial charge in [0.1, 0.15) is 0 Å². The molecule has 0 saturated heterocycles. The van der Waals surface area contributed by atoms with Crippen molar-refractivity contribution >= 4 is 33.7 Å². The van der Waals surface area contributed by atoms with Crippen LogP contribution in [0.4, 0.5) is 0 Å². The molecule has 0 bridgehead atoms. The zero-order chi connectivity index (χ0) is 13.0. The molecule has 1 aromatic heterocycles. The summed E-state index contributed by atoms with van der Waals surface area (Å²) in [7, 11) is 0. The van der Waals surface area contributed by atoms with Crippen LogP contribution in [0.2, 0.25) is 0 Å². The maximum Gasteiger partial charge on any atom is 0.336 e. The lowest BCUT2D eigenvalue weighted by Crippen LogP contribution is -1.99. The first-order valence-corrected chi connectivity index (χ1v) is 7.06. The predicted molar refractivity (Wildman–Crippen MR) is 74.1 cm³/mol. The summed E-state index contributed by atoms with van der Waals surface area (Å²) in [5.74, 6) is -0.0456. The maximum atomic E-state index is 11.0. The molecule has 0 atom stereocenters. The van der Waals surface area contributed by atoms with Crippen LogP contribution in [0.5, 0.6) is 0 Å². The van der Waals surface area contributed by atoms with Gasteiger partial charge in [0.05, 0.1) is 11.9 Å². The number of aromatic carboxylic acids is 1. The number of imidazole rings is 1. The third-order valence-corrected chi connectivity index (χ3v) is 4.01. The SMILES string of the molecule is O=C(O)c1cc(SCCn2ccnc2)ccc1Br. The Balaban J connectivity index is 1.97. The molecule has 1 heterocycles. The number of aromatic nitrogens is 2. The molecular formula is C12H11BrN2O2S. The Kier molecular flexibility index (Phi) is 4.43. The van der Waals surface area contributed by atoms with E-state index in [4.69, 9.17) is 5.11 Å². The van der Waals surface area contributed by atoms with E-state index < -0.39 is 5.97 Å². The van der Waals surface area contributed by atoms with E-state index >= 15 is 0 Å². The summed E-state index contributed by atoms with van der Waals surface area (Å²) in [5, 5.41) is 9.01. The number of nitrogens with zero attached hydrogens (tertiary/aromatic N) is 2. The van der Waals surface area contributed by atoms with Crippen molar-refractivity contribution in [2.75, 3.05) is 5.75 Å². The maximum absolute atomic E-state index is 11.0. The van der Waals surface area contributed by atoms with Crippen LogP contribution in [-0.4, -0.2) is 26.4 Å². The number of carboxylic acids is 1. The minimum atomic E-state index is -0.918. The topological polar surface area (TPSA) is 55.1 Å². The fourth-order valence-corrected chi connectivity index (χ4v) is 2.77. The van der Waals surface area contributed by atoms with Gasteiger partial charge in [-0.15, -0.1) is 11.8 Å². The molecule has 2 rings (SSSR count). The molecule has 0 aliphatic rings. The number of carboxylic acid groups (broad SMARTS) is 1. The van der Waals surface area contributed by atoms with Gasteiger partial charge in [-0.05, 0) is 34.1 Å². The van der Waals surface area contributed by atoms with Gasteiger partial charge in [0, 0.05) is 34.1 Å². The fourth-order valence-electron chi connectivity index (χ4n) is 1.45. The third-order valence-electron chi connectivity index (χ3n) is 2.35. The van der Waals surface area contributed by atoms with Crippen LogP contribution in [0.1, 0.15) is 10.4 Å². The molecule has 2 aromatic rings. The zero-order valence-electron chi connectivity index (χ0n) is 9.41. The van der Waals surface area contributed by atoms with Gasteiger partial charge >= 0.3 is 5.97 Å². The summed E-state index contributed by atoms with van der Waals surface area (Å²) < 4.78 is 2.60. The molecule has 0 aliphatic heterocycles. The molecule has 0 fully saturated rings. The number of carbonyl (C=O) groups is 1. The zero-order valence-corrected chi connectivity index (χ0v) is 11.8. The van der Waals surface area contributed by atoms with Crippen molar-refractivity contribution < 1.29 is 9.90 Å². The second kappa shape index (κ2) is 6.06. The van der Waals surface area contributed by atoms with Crippen LogP contribution in [0, 0.1) is 0 Å². The minimum absolute atomic E-state index is 0.294. The lowest BCUT2D eigenvalue weighted by atomic mass is 10.2. The van der Waals surface area contributed by atoms with E-state index in [0.717, 1.165) is 17.2 Å². The molecular weight excluding hydrogens is 316 g/mol. The van der Waals surface area contributed by atoms with E-state index in [1.54, 1.807) is 36.4 Å². The summed E-state index contributed by atoms with van der Waals surface area (Å²) in [6, 6.07) is 5.36. The molecule has 6 heteroatoms. The van der Waals surface area contributed by atoms with Gasteiger partial charge in [-0.25, -0.2) is 9.78 Å². The molecule has 0 spiro atoms. The molecule has 1 aromatic carbocycles. The third kappa shape index (κ3) is 3.36. The van der Waals surface area contributed by atoms with Crippen molar-refractivity contribution in [3.05, 3.63) is 47.0 Å². The van der Waals surface area contributed by atoms with Crippen molar-refractivity contribution in [3.8, 4) is 0 Å². The number of hydrogen-bond acceptors (Lipinski definition) is 3. The standard InChI is InChI=1S/C12H11BrN2O2S/c13-11-2-1-9(7-10(11)12(16)17)18-6-5-15-4-3-14-8-15/h1-4,7-8H,5-6H2,(H,16,17). The van der Waals surface area contributed by atoms with Crippen LogP contribution in [0.3, 0.4) is 0 Å². The van der Waals surface area contributed by atoms with Crippen LogP contribution in [-0.2, 0) is 6.54 Å². The summed E-state index contributed by atoms with van der Waals surface area (Å²) in [4.78, 5) is 15.9. The fraction of sp³-hybridized carbons (Fsp3) is 0.167. The molecule has 18 heavy (non-hydrogen) atoms. The van der Waals surface area contributed by atoms with Crippen molar-refractivity contribution in [2.45, 2.75) is 11.4 Å². The normalized spacial score (nSPS) is 10.5. The Morgan fingerprint density at radius 2 is 2.33 bits per heavy atom. The lowest BCUT2D eigenvalue weighted by molar-refractivity contribution is 0.0695. The van der Waals surface area contributed by atoms with Crippen molar-refractivity contribution in [1.82, 2.24) is 9.55 Å². The van der Waals surface area contributed by atoms with Gasteiger partial charge < -0.3 is 9.67 Å². The Bertz CT molecular complexity index is 543. The molecule has 1 N–H and O–H groups in total.